The summed E-state index contributed by atoms with van der Waals surface area (Å²) in [6, 6.07) is 91.2. The van der Waals surface area contributed by atoms with Crippen molar-refractivity contribution in [3.05, 3.63) is 287 Å². The molecule has 0 unspecified atom stereocenters. The summed E-state index contributed by atoms with van der Waals surface area (Å²) in [4.78, 5) is 0. The molecular formula is C80H60N2. The highest BCUT2D eigenvalue weighted by Crippen LogP contribution is 2.63. The molecule has 2 saturated carbocycles. The monoisotopic (exact) mass is 1050 g/mol. The lowest BCUT2D eigenvalue weighted by atomic mass is 9.74. The summed E-state index contributed by atoms with van der Waals surface area (Å²) in [6.45, 7) is 0. The Balaban J connectivity index is 0.639. The molecule has 11 aromatic carbocycles. The molecule has 390 valence electrons. The third kappa shape index (κ3) is 7.27. The first-order valence-electron chi connectivity index (χ1n) is 29.8. The molecule has 0 amide bonds. The standard InChI is InChI=1S/C80H60N2/c1-3-15-61(16-4-1)81-75-21-9-7-19-65(75)69-49-59(37-41-77(69)81)57-33-27-53(28-34-57)23-25-55-31-39-63-67-51-74-68(52-73(67)79(71(63)47-55)43-11-12-44-79)64-40-32-56(48-72(64)80(74)45-13-14-46-80)26-24-54-29-35-58(36-30-54)60-38-42-78-70(50-60)66-20-8-10-22-76(66)82(78)62-17-5-2-6-18-62/h1-10,15-42,47-52H,11-14,43-46H2/b25-23+,26-24+. The number of aromatic nitrogens is 2. The fourth-order valence-corrected chi connectivity index (χ4v) is 15.7. The van der Waals surface area contributed by atoms with Crippen molar-refractivity contribution in [2.24, 2.45) is 0 Å². The van der Waals surface area contributed by atoms with Gasteiger partial charge in [-0.05, 0) is 187 Å². The van der Waals surface area contributed by atoms with Gasteiger partial charge in [-0.1, -0.05) is 220 Å². The van der Waals surface area contributed by atoms with Gasteiger partial charge in [0.25, 0.3) is 0 Å². The van der Waals surface area contributed by atoms with E-state index in [9.17, 15) is 0 Å². The van der Waals surface area contributed by atoms with Gasteiger partial charge in [0.2, 0.25) is 0 Å². The van der Waals surface area contributed by atoms with Gasteiger partial charge in [-0.25, -0.2) is 0 Å². The molecule has 0 saturated heterocycles. The van der Waals surface area contributed by atoms with Crippen molar-refractivity contribution in [1.82, 2.24) is 9.13 Å². The summed E-state index contributed by atoms with van der Waals surface area (Å²) in [6.07, 6.45) is 19.3. The van der Waals surface area contributed by atoms with Crippen LogP contribution in [0, 0.1) is 0 Å². The molecule has 0 bridgehead atoms. The Morgan fingerprint density at radius 1 is 0.256 bits per heavy atom. The first kappa shape index (κ1) is 47.3. The minimum atomic E-state index is 0.0685. The fourth-order valence-electron chi connectivity index (χ4n) is 15.7. The molecule has 0 radical (unpaired) electrons. The third-order valence-corrected chi connectivity index (χ3v) is 19.6. The van der Waals surface area contributed by atoms with Crippen LogP contribution in [0.3, 0.4) is 0 Å². The average Bonchev–Trinajstić information content (AvgIpc) is 4.54. The van der Waals surface area contributed by atoms with Crippen molar-refractivity contribution in [3.8, 4) is 55.9 Å². The Morgan fingerprint density at radius 2 is 0.598 bits per heavy atom. The molecule has 2 heteroatoms. The molecule has 2 spiro atoms. The topological polar surface area (TPSA) is 9.86 Å². The maximum atomic E-state index is 2.69. The van der Waals surface area contributed by atoms with Crippen LogP contribution in [0.4, 0.5) is 0 Å². The highest BCUT2D eigenvalue weighted by Gasteiger charge is 2.50. The van der Waals surface area contributed by atoms with E-state index < -0.39 is 0 Å². The number of hydrogen-bond acceptors (Lipinski definition) is 0. The summed E-state index contributed by atoms with van der Waals surface area (Å²) < 4.78 is 4.77. The zero-order valence-corrected chi connectivity index (χ0v) is 46.0. The van der Waals surface area contributed by atoms with Crippen LogP contribution in [0.2, 0.25) is 0 Å². The first-order chi connectivity index (χ1) is 40.6. The second-order valence-electron chi connectivity index (χ2n) is 23.9. The van der Waals surface area contributed by atoms with Crippen LogP contribution in [-0.2, 0) is 10.8 Å². The van der Waals surface area contributed by atoms with Crippen molar-refractivity contribution >= 4 is 67.9 Å². The second-order valence-corrected chi connectivity index (χ2v) is 23.9. The number of hydrogen-bond donors (Lipinski definition) is 0. The Bertz CT molecular complexity index is 4460. The molecule has 2 aromatic heterocycles. The lowest BCUT2D eigenvalue weighted by Gasteiger charge is -2.29. The highest BCUT2D eigenvalue weighted by molar-refractivity contribution is 6.12. The van der Waals surface area contributed by atoms with Crippen molar-refractivity contribution in [1.29, 1.82) is 0 Å². The van der Waals surface area contributed by atoms with Gasteiger partial charge in [-0.15, -0.1) is 0 Å². The molecule has 4 aliphatic rings. The van der Waals surface area contributed by atoms with Gasteiger partial charge in [-0.3, -0.25) is 0 Å². The predicted octanol–water partition coefficient (Wildman–Crippen LogP) is 21.2. The Morgan fingerprint density at radius 3 is 1.02 bits per heavy atom. The number of fused-ring (bicyclic) bond motifs is 16. The zero-order valence-electron chi connectivity index (χ0n) is 46.0. The van der Waals surface area contributed by atoms with E-state index in [-0.39, 0.29) is 10.8 Å². The quantitative estimate of drug-likeness (QED) is 0.134. The normalized spacial score (nSPS) is 15.5. The third-order valence-electron chi connectivity index (χ3n) is 19.6. The van der Waals surface area contributed by atoms with Crippen LogP contribution < -0.4 is 0 Å². The lowest BCUT2D eigenvalue weighted by molar-refractivity contribution is 0.543. The van der Waals surface area contributed by atoms with E-state index in [0.717, 1.165) is 0 Å². The Hall–Kier alpha value is -9.50. The lowest BCUT2D eigenvalue weighted by Crippen LogP contribution is -2.22. The summed E-state index contributed by atoms with van der Waals surface area (Å²) in [5, 5.41) is 5.11. The van der Waals surface area contributed by atoms with E-state index in [1.54, 1.807) is 22.3 Å². The highest BCUT2D eigenvalue weighted by atomic mass is 15.0. The molecule has 82 heavy (non-hydrogen) atoms. The van der Waals surface area contributed by atoms with E-state index in [1.165, 1.54) is 173 Å². The molecule has 2 fully saturated rings. The summed E-state index contributed by atoms with van der Waals surface area (Å²) in [5.74, 6) is 0. The molecule has 2 heterocycles. The second kappa shape index (κ2) is 18.5. The Labute approximate surface area is 479 Å². The predicted molar refractivity (Wildman–Crippen MR) is 346 cm³/mol. The summed E-state index contributed by atoms with van der Waals surface area (Å²) in [5.41, 5.74) is 29.5. The van der Waals surface area contributed by atoms with Crippen LogP contribution in [0.15, 0.2) is 243 Å². The van der Waals surface area contributed by atoms with Gasteiger partial charge < -0.3 is 9.13 Å². The van der Waals surface area contributed by atoms with Crippen LogP contribution in [0.1, 0.15) is 95.9 Å². The number of rotatable bonds is 8. The summed E-state index contributed by atoms with van der Waals surface area (Å²) >= 11 is 0. The van der Waals surface area contributed by atoms with Gasteiger partial charge in [-0.2, -0.15) is 0 Å². The summed E-state index contributed by atoms with van der Waals surface area (Å²) in [7, 11) is 0. The van der Waals surface area contributed by atoms with Gasteiger partial charge >= 0.3 is 0 Å². The van der Waals surface area contributed by atoms with Gasteiger partial charge in [0.1, 0.15) is 0 Å². The van der Waals surface area contributed by atoms with Crippen molar-refractivity contribution in [3.63, 3.8) is 0 Å². The zero-order chi connectivity index (χ0) is 53.9. The van der Waals surface area contributed by atoms with Crippen molar-refractivity contribution in [2.75, 3.05) is 0 Å². The smallest absolute Gasteiger partial charge is 0.0541 e. The van der Waals surface area contributed by atoms with E-state index in [2.05, 4.69) is 276 Å². The minimum Gasteiger partial charge on any atom is -0.309 e. The fraction of sp³-hybridized carbons (Fsp3) is 0.125. The van der Waals surface area contributed by atoms with Crippen LogP contribution >= 0.6 is 0 Å². The first-order valence-corrected chi connectivity index (χ1v) is 29.8. The van der Waals surface area contributed by atoms with Crippen LogP contribution in [-0.4, -0.2) is 9.13 Å². The number of para-hydroxylation sites is 4. The van der Waals surface area contributed by atoms with Gasteiger partial charge in [0.05, 0.1) is 22.1 Å². The van der Waals surface area contributed by atoms with Crippen molar-refractivity contribution < 1.29 is 0 Å². The maximum absolute atomic E-state index is 2.69. The molecule has 13 aromatic rings. The molecule has 2 nitrogen and oxygen atoms in total. The van der Waals surface area contributed by atoms with Crippen LogP contribution in [0.5, 0.6) is 0 Å². The average molecular weight is 1050 g/mol. The molecule has 0 aliphatic heterocycles. The molecule has 0 N–H and O–H groups in total. The maximum Gasteiger partial charge on any atom is 0.0541 e. The molecule has 17 rings (SSSR count). The largest absolute Gasteiger partial charge is 0.309 e. The van der Waals surface area contributed by atoms with Crippen LogP contribution in [0.25, 0.3) is 124 Å². The minimum absolute atomic E-state index is 0.0685. The Kier molecular flexibility index (Phi) is 10.7. The number of benzene rings is 11. The van der Waals surface area contributed by atoms with E-state index in [1.807, 2.05) is 0 Å². The molecule has 4 aliphatic carbocycles. The van der Waals surface area contributed by atoms with Gasteiger partial charge in [0, 0.05) is 43.7 Å². The van der Waals surface area contributed by atoms with Crippen molar-refractivity contribution in [2.45, 2.75) is 62.2 Å². The van der Waals surface area contributed by atoms with Gasteiger partial charge in [0.15, 0.2) is 0 Å². The van der Waals surface area contributed by atoms with E-state index in [0.29, 0.717) is 0 Å². The SMILES string of the molecule is C(=C\c1ccc2c(c1)C1(CCCC1)c1cc3c(cc1-2)C1(CCCC1)c1cc(/C=C/c2ccc(-c4ccc5c(c4)c4ccccc4n5-c4ccccc4)cc2)ccc1-3)/c1ccc(-c2ccc3c(c2)c2ccccc2n3-c2ccccc2)cc1. The molecule has 0 atom stereocenters. The van der Waals surface area contributed by atoms with E-state index in [4.69, 9.17) is 0 Å². The molecular weight excluding hydrogens is 989 g/mol. The van der Waals surface area contributed by atoms with E-state index >= 15 is 0 Å². The number of nitrogens with zero attached hydrogens (tertiary/aromatic N) is 2.